The number of hydrogen-bond acceptors (Lipinski definition) is 5. The van der Waals surface area contributed by atoms with E-state index in [-0.39, 0.29) is 17.5 Å². The standard InChI is InChI=1S/C29H33FN2O4/c1-20-9-12-22(13-10-20)32(29(33)24-7-5-6-8-25(24)30)23-15-17-31(18-16-23)19-21-11-14-26(34-2)28(36-4)27(21)35-3/h5-14,23H,15-19H2,1-4H3. The molecule has 0 N–H and O–H groups in total. The van der Waals surface area contributed by atoms with E-state index in [0.717, 1.165) is 42.7 Å². The Bertz CT molecular complexity index is 1190. The molecule has 0 radical (unpaired) electrons. The van der Waals surface area contributed by atoms with Gasteiger partial charge in [-0.3, -0.25) is 9.69 Å². The third-order valence-electron chi connectivity index (χ3n) is 6.74. The summed E-state index contributed by atoms with van der Waals surface area (Å²) in [6.07, 6.45) is 1.54. The monoisotopic (exact) mass is 492 g/mol. The fourth-order valence-corrected chi connectivity index (χ4v) is 4.83. The summed E-state index contributed by atoms with van der Waals surface area (Å²) in [6, 6.07) is 17.9. The molecule has 7 heteroatoms. The van der Waals surface area contributed by atoms with Crippen LogP contribution in [0.1, 0.15) is 34.3 Å². The molecule has 3 aromatic rings. The maximum atomic E-state index is 14.6. The van der Waals surface area contributed by atoms with Gasteiger partial charge in [0.05, 0.1) is 26.9 Å². The quantitative estimate of drug-likeness (QED) is 0.417. The predicted molar refractivity (Wildman–Crippen MR) is 139 cm³/mol. The number of halogens is 1. The number of likely N-dealkylation sites (tertiary alicyclic amines) is 1. The van der Waals surface area contributed by atoms with Gasteiger partial charge >= 0.3 is 0 Å². The second kappa shape index (κ2) is 11.4. The first-order valence-corrected chi connectivity index (χ1v) is 12.1. The van der Waals surface area contributed by atoms with Gasteiger partial charge in [-0.25, -0.2) is 4.39 Å². The van der Waals surface area contributed by atoms with E-state index in [1.807, 2.05) is 43.3 Å². The molecule has 36 heavy (non-hydrogen) atoms. The molecule has 6 nitrogen and oxygen atoms in total. The lowest BCUT2D eigenvalue weighted by molar-refractivity contribution is 0.0954. The Balaban J connectivity index is 1.53. The molecule has 1 fully saturated rings. The van der Waals surface area contributed by atoms with E-state index in [1.165, 1.54) is 6.07 Å². The lowest BCUT2D eigenvalue weighted by Crippen LogP contribution is -2.47. The van der Waals surface area contributed by atoms with E-state index in [4.69, 9.17) is 14.2 Å². The Morgan fingerprint density at radius 1 is 0.917 bits per heavy atom. The van der Waals surface area contributed by atoms with Gasteiger partial charge in [-0.05, 0) is 50.1 Å². The Hall–Kier alpha value is -3.58. The maximum Gasteiger partial charge on any atom is 0.261 e. The van der Waals surface area contributed by atoms with Crippen LogP contribution in [-0.2, 0) is 6.54 Å². The number of rotatable bonds is 8. The molecule has 190 valence electrons. The van der Waals surface area contributed by atoms with Gasteiger partial charge in [0.15, 0.2) is 11.5 Å². The van der Waals surface area contributed by atoms with Crippen molar-refractivity contribution in [3.63, 3.8) is 0 Å². The van der Waals surface area contributed by atoms with Crippen LogP contribution in [0.5, 0.6) is 17.2 Å². The van der Waals surface area contributed by atoms with Crippen molar-refractivity contribution in [2.75, 3.05) is 39.3 Å². The van der Waals surface area contributed by atoms with E-state index in [9.17, 15) is 9.18 Å². The van der Waals surface area contributed by atoms with E-state index < -0.39 is 5.82 Å². The molecule has 0 aliphatic carbocycles. The van der Waals surface area contributed by atoms with E-state index in [2.05, 4.69) is 4.90 Å². The summed E-state index contributed by atoms with van der Waals surface area (Å²) < 4.78 is 31.1. The lowest BCUT2D eigenvalue weighted by Gasteiger charge is -2.39. The number of anilines is 1. The van der Waals surface area contributed by atoms with Gasteiger partial charge in [0.2, 0.25) is 5.75 Å². The topological polar surface area (TPSA) is 51.2 Å². The first kappa shape index (κ1) is 25.5. The number of piperidine rings is 1. The highest BCUT2D eigenvalue weighted by Gasteiger charge is 2.31. The summed E-state index contributed by atoms with van der Waals surface area (Å²) in [5.74, 6) is 1.05. The maximum absolute atomic E-state index is 14.6. The number of amides is 1. The fraction of sp³-hybridized carbons (Fsp3) is 0.345. The molecule has 0 unspecified atom stereocenters. The highest BCUT2D eigenvalue weighted by molar-refractivity contribution is 6.06. The van der Waals surface area contributed by atoms with Crippen molar-refractivity contribution in [1.29, 1.82) is 0 Å². The number of hydrogen-bond donors (Lipinski definition) is 0. The normalized spacial score (nSPS) is 14.4. The summed E-state index contributed by atoms with van der Waals surface area (Å²) in [6.45, 7) is 4.26. The third-order valence-corrected chi connectivity index (χ3v) is 6.74. The molecule has 1 aliphatic rings. The van der Waals surface area contributed by atoms with Gasteiger partial charge in [0, 0.05) is 36.9 Å². The molecule has 1 saturated heterocycles. The number of aryl methyl sites for hydroxylation is 1. The number of carbonyl (C=O) groups excluding carboxylic acids is 1. The highest BCUT2D eigenvalue weighted by atomic mass is 19.1. The summed E-state index contributed by atoms with van der Waals surface area (Å²) in [4.78, 5) is 17.7. The summed E-state index contributed by atoms with van der Waals surface area (Å²) in [5, 5.41) is 0. The van der Waals surface area contributed by atoms with Crippen LogP contribution in [0.3, 0.4) is 0 Å². The van der Waals surface area contributed by atoms with Crippen molar-refractivity contribution in [3.8, 4) is 17.2 Å². The number of methoxy groups -OCH3 is 3. The zero-order valence-electron chi connectivity index (χ0n) is 21.3. The molecule has 0 spiro atoms. The Morgan fingerprint density at radius 2 is 1.58 bits per heavy atom. The van der Waals surface area contributed by atoms with Gasteiger partial charge in [-0.1, -0.05) is 35.9 Å². The zero-order chi connectivity index (χ0) is 25.7. The average molecular weight is 493 g/mol. The second-order valence-corrected chi connectivity index (χ2v) is 8.99. The van der Waals surface area contributed by atoms with Crippen LogP contribution in [-0.4, -0.2) is 51.3 Å². The van der Waals surface area contributed by atoms with E-state index >= 15 is 0 Å². The minimum absolute atomic E-state index is 0.0386. The second-order valence-electron chi connectivity index (χ2n) is 8.99. The van der Waals surface area contributed by atoms with Gasteiger partial charge < -0.3 is 19.1 Å². The van der Waals surface area contributed by atoms with Crippen molar-refractivity contribution in [2.45, 2.75) is 32.4 Å². The lowest BCUT2D eigenvalue weighted by atomic mass is 9.99. The molecule has 1 aliphatic heterocycles. The van der Waals surface area contributed by atoms with Crippen molar-refractivity contribution < 1.29 is 23.4 Å². The van der Waals surface area contributed by atoms with Gasteiger partial charge in [0.1, 0.15) is 5.82 Å². The van der Waals surface area contributed by atoms with Crippen molar-refractivity contribution >= 4 is 11.6 Å². The van der Waals surface area contributed by atoms with Crippen LogP contribution in [0.2, 0.25) is 0 Å². The minimum atomic E-state index is -0.502. The first-order chi connectivity index (χ1) is 17.5. The van der Waals surface area contributed by atoms with Crippen molar-refractivity contribution in [1.82, 2.24) is 4.90 Å². The largest absolute Gasteiger partial charge is 0.493 e. The molecule has 0 atom stereocenters. The third kappa shape index (κ3) is 5.31. The van der Waals surface area contributed by atoms with Crippen LogP contribution in [0.15, 0.2) is 60.7 Å². The molecular weight excluding hydrogens is 459 g/mol. The number of nitrogens with zero attached hydrogens (tertiary/aromatic N) is 2. The summed E-state index contributed by atoms with van der Waals surface area (Å²) in [5.41, 5.74) is 2.99. The smallest absolute Gasteiger partial charge is 0.261 e. The van der Waals surface area contributed by atoms with Crippen LogP contribution in [0.25, 0.3) is 0 Å². The molecule has 0 aromatic heterocycles. The molecule has 1 amide bonds. The van der Waals surface area contributed by atoms with Gasteiger partial charge in [-0.15, -0.1) is 0 Å². The SMILES string of the molecule is COc1ccc(CN2CCC(N(C(=O)c3ccccc3F)c3ccc(C)cc3)CC2)c(OC)c1OC. The molecule has 0 saturated carbocycles. The van der Waals surface area contributed by atoms with Gasteiger partial charge in [-0.2, -0.15) is 0 Å². The van der Waals surface area contributed by atoms with Crippen LogP contribution in [0, 0.1) is 12.7 Å². The highest BCUT2D eigenvalue weighted by Crippen LogP contribution is 2.40. The Kier molecular flexibility index (Phi) is 8.10. The van der Waals surface area contributed by atoms with E-state index in [0.29, 0.717) is 23.8 Å². The number of ether oxygens (including phenoxy) is 3. The van der Waals surface area contributed by atoms with Crippen molar-refractivity contribution in [2.24, 2.45) is 0 Å². The number of benzene rings is 3. The van der Waals surface area contributed by atoms with Crippen LogP contribution >= 0.6 is 0 Å². The van der Waals surface area contributed by atoms with Crippen LogP contribution < -0.4 is 19.1 Å². The minimum Gasteiger partial charge on any atom is -0.493 e. The molecule has 4 rings (SSSR count). The first-order valence-electron chi connectivity index (χ1n) is 12.1. The molecule has 0 bridgehead atoms. The predicted octanol–water partition coefficient (Wildman–Crippen LogP) is 5.47. The Morgan fingerprint density at radius 3 is 2.19 bits per heavy atom. The molecule has 1 heterocycles. The summed E-state index contributed by atoms with van der Waals surface area (Å²) >= 11 is 0. The van der Waals surface area contributed by atoms with Crippen LogP contribution in [0.4, 0.5) is 10.1 Å². The van der Waals surface area contributed by atoms with E-state index in [1.54, 1.807) is 44.4 Å². The number of carbonyl (C=O) groups is 1. The zero-order valence-corrected chi connectivity index (χ0v) is 21.3. The average Bonchev–Trinajstić information content (AvgIpc) is 2.90. The Labute approximate surface area is 212 Å². The molecular formula is C29H33FN2O4. The fourth-order valence-electron chi connectivity index (χ4n) is 4.83. The molecule has 3 aromatic carbocycles. The van der Waals surface area contributed by atoms with Crippen molar-refractivity contribution in [3.05, 3.63) is 83.2 Å². The summed E-state index contributed by atoms with van der Waals surface area (Å²) in [7, 11) is 4.83. The van der Waals surface area contributed by atoms with Gasteiger partial charge in [0.25, 0.3) is 5.91 Å².